The molecule has 1 atom stereocenters. The van der Waals surface area contributed by atoms with Crippen molar-refractivity contribution >= 4 is 11.9 Å². The smallest absolute Gasteiger partial charge is 0.317 e. The molecule has 6 heteroatoms. The van der Waals surface area contributed by atoms with Crippen molar-refractivity contribution in [2.45, 2.75) is 52.4 Å². The molecule has 2 aliphatic rings. The van der Waals surface area contributed by atoms with Crippen molar-refractivity contribution in [2.75, 3.05) is 45.8 Å². The number of carbonyl (C=O) groups excluding carboxylic acids is 2. The van der Waals surface area contributed by atoms with Crippen LogP contribution in [0.3, 0.4) is 0 Å². The molecule has 6 nitrogen and oxygen atoms in total. The van der Waals surface area contributed by atoms with Gasteiger partial charge in [-0.3, -0.25) is 4.79 Å². The predicted molar refractivity (Wildman–Crippen MR) is 110 cm³/mol. The molecule has 2 rings (SSSR count). The zero-order valence-corrected chi connectivity index (χ0v) is 17.2. The number of hydrogen-bond acceptors (Lipinski definition) is 3. The lowest BCUT2D eigenvalue weighted by molar-refractivity contribution is -0.126. The number of nitrogens with zero attached hydrogens (tertiary/aromatic N) is 2. The Morgan fingerprint density at radius 1 is 1.07 bits per heavy atom. The number of likely N-dealkylation sites (tertiary alicyclic amines) is 1. The van der Waals surface area contributed by atoms with Crippen molar-refractivity contribution in [3.63, 3.8) is 0 Å². The minimum absolute atomic E-state index is 0.0302. The van der Waals surface area contributed by atoms with Gasteiger partial charge in [0, 0.05) is 32.1 Å². The number of urea groups is 1. The summed E-state index contributed by atoms with van der Waals surface area (Å²) in [6.45, 7) is 10.3. The first-order valence-corrected chi connectivity index (χ1v) is 10.8. The average molecular weight is 379 g/mol. The summed E-state index contributed by atoms with van der Waals surface area (Å²) < 4.78 is 0. The summed E-state index contributed by atoms with van der Waals surface area (Å²) in [6.07, 6.45) is 10.3. The van der Waals surface area contributed by atoms with Gasteiger partial charge < -0.3 is 20.4 Å². The molecule has 154 valence electrons. The zero-order valence-electron chi connectivity index (χ0n) is 17.2. The van der Waals surface area contributed by atoms with Gasteiger partial charge in [-0.15, -0.1) is 0 Å². The maximum Gasteiger partial charge on any atom is 0.317 e. The summed E-state index contributed by atoms with van der Waals surface area (Å²) in [5, 5.41) is 6.15. The maximum atomic E-state index is 12.3. The van der Waals surface area contributed by atoms with Crippen LogP contribution in [0.5, 0.6) is 0 Å². The van der Waals surface area contributed by atoms with E-state index < -0.39 is 0 Å². The first kappa shape index (κ1) is 21.7. The fraction of sp³-hybridized carbons (Fsp3) is 0.810. The number of piperidine rings is 1. The fourth-order valence-corrected chi connectivity index (χ4v) is 3.93. The Hall–Kier alpha value is -1.56. The Balaban J connectivity index is 1.59. The molecular weight excluding hydrogens is 340 g/mol. The van der Waals surface area contributed by atoms with Gasteiger partial charge in [0.1, 0.15) is 0 Å². The first-order chi connectivity index (χ1) is 13.1. The van der Waals surface area contributed by atoms with Crippen LogP contribution >= 0.6 is 0 Å². The van der Waals surface area contributed by atoms with E-state index in [9.17, 15) is 9.59 Å². The van der Waals surface area contributed by atoms with E-state index in [0.29, 0.717) is 19.0 Å². The van der Waals surface area contributed by atoms with Gasteiger partial charge in [0.15, 0.2) is 0 Å². The van der Waals surface area contributed by atoms with Gasteiger partial charge in [0.2, 0.25) is 5.91 Å². The summed E-state index contributed by atoms with van der Waals surface area (Å²) in [5.74, 6) is 0.771. The Bertz CT molecular complexity index is 483. The van der Waals surface area contributed by atoms with Crippen molar-refractivity contribution in [2.24, 2.45) is 11.8 Å². The number of nitrogens with one attached hydrogen (secondary N) is 2. The van der Waals surface area contributed by atoms with Crippen LogP contribution in [0.4, 0.5) is 4.79 Å². The second-order valence-electron chi connectivity index (χ2n) is 7.77. The van der Waals surface area contributed by atoms with Crippen LogP contribution in [0, 0.1) is 11.8 Å². The molecule has 1 fully saturated rings. The second kappa shape index (κ2) is 12.0. The SMILES string of the molecule is CCN(CC)CCCNC(=O)C1CCN(C(=O)NCC2CC=CCC2)CC1. The maximum absolute atomic E-state index is 12.3. The van der Waals surface area contributed by atoms with Crippen LogP contribution in [-0.2, 0) is 4.79 Å². The van der Waals surface area contributed by atoms with Gasteiger partial charge in [0.05, 0.1) is 0 Å². The van der Waals surface area contributed by atoms with Gasteiger partial charge in [-0.25, -0.2) is 4.79 Å². The minimum Gasteiger partial charge on any atom is -0.356 e. The standard InChI is InChI=1S/C21H38N4O2/c1-3-24(4-2)14-8-13-22-20(26)19-11-15-25(16-12-19)21(27)23-17-18-9-6-5-7-10-18/h5-6,18-19H,3-4,7-17H2,1-2H3,(H,22,26)(H,23,27). The third-order valence-corrected chi connectivity index (χ3v) is 5.92. The molecule has 0 aromatic heterocycles. The summed E-state index contributed by atoms with van der Waals surface area (Å²) in [6, 6.07) is 0.0302. The number of amides is 3. The molecule has 0 saturated carbocycles. The number of allylic oxidation sites excluding steroid dienone is 2. The summed E-state index contributed by atoms with van der Waals surface area (Å²) in [4.78, 5) is 28.9. The van der Waals surface area contributed by atoms with E-state index in [4.69, 9.17) is 0 Å². The average Bonchev–Trinajstić information content (AvgIpc) is 2.73. The molecule has 1 unspecified atom stereocenters. The van der Waals surface area contributed by atoms with Gasteiger partial charge in [-0.1, -0.05) is 26.0 Å². The van der Waals surface area contributed by atoms with Crippen LogP contribution in [0.15, 0.2) is 12.2 Å². The van der Waals surface area contributed by atoms with E-state index in [1.165, 1.54) is 0 Å². The summed E-state index contributed by atoms with van der Waals surface area (Å²) >= 11 is 0. The molecule has 0 radical (unpaired) electrons. The highest BCUT2D eigenvalue weighted by Crippen LogP contribution is 2.19. The Morgan fingerprint density at radius 3 is 2.44 bits per heavy atom. The Labute approximate surface area is 164 Å². The van der Waals surface area contributed by atoms with Gasteiger partial charge in [0.25, 0.3) is 0 Å². The molecule has 1 aliphatic heterocycles. The highest BCUT2D eigenvalue weighted by Gasteiger charge is 2.27. The topological polar surface area (TPSA) is 64.7 Å². The van der Waals surface area contributed by atoms with E-state index in [-0.39, 0.29) is 17.9 Å². The molecule has 1 saturated heterocycles. The normalized spacial score (nSPS) is 20.7. The van der Waals surface area contributed by atoms with E-state index in [2.05, 4.69) is 41.5 Å². The van der Waals surface area contributed by atoms with Crippen molar-refractivity contribution in [1.82, 2.24) is 20.4 Å². The van der Waals surface area contributed by atoms with Crippen molar-refractivity contribution in [3.05, 3.63) is 12.2 Å². The highest BCUT2D eigenvalue weighted by atomic mass is 16.2. The van der Waals surface area contributed by atoms with Crippen LogP contribution in [0.2, 0.25) is 0 Å². The van der Waals surface area contributed by atoms with Gasteiger partial charge in [-0.05, 0) is 64.1 Å². The predicted octanol–water partition coefficient (Wildman–Crippen LogP) is 2.61. The lowest BCUT2D eigenvalue weighted by Crippen LogP contribution is -2.47. The number of hydrogen-bond donors (Lipinski definition) is 2. The monoisotopic (exact) mass is 378 g/mol. The molecule has 1 aliphatic carbocycles. The Kier molecular flexibility index (Phi) is 9.67. The quantitative estimate of drug-likeness (QED) is 0.479. The number of rotatable bonds is 9. The Morgan fingerprint density at radius 2 is 1.81 bits per heavy atom. The molecular formula is C21H38N4O2. The largest absolute Gasteiger partial charge is 0.356 e. The van der Waals surface area contributed by atoms with Crippen molar-refractivity contribution in [1.29, 1.82) is 0 Å². The van der Waals surface area contributed by atoms with E-state index >= 15 is 0 Å². The fourth-order valence-electron chi connectivity index (χ4n) is 3.93. The first-order valence-electron chi connectivity index (χ1n) is 10.8. The van der Waals surface area contributed by atoms with Crippen LogP contribution in [-0.4, -0.2) is 67.6 Å². The second-order valence-corrected chi connectivity index (χ2v) is 7.77. The van der Waals surface area contributed by atoms with E-state index in [1.54, 1.807) is 0 Å². The lowest BCUT2D eigenvalue weighted by Gasteiger charge is -2.32. The number of carbonyl (C=O) groups is 2. The third-order valence-electron chi connectivity index (χ3n) is 5.92. The van der Waals surface area contributed by atoms with Crippen LogP contribution in [0.1, 0.15) is 52.4 Å². The molecule has 2 N–H and O–H groups in total. The molecule has 0 aromatic carbocycles. The molecule has 0 aromatic rings. The van der Waals surface area contributed by atoms with Crippen molar-refractivity contribution in [3.8, 4) is 0 Å². The molecule has 1 heterocycles. The van der Waals surface area contributed by atoms with E-state index in [1.807, 2.05) is 4.90 Å². The third kappa shape index (κ3) is 7.53. The van der Waals surface area contributed by atoms with E-state index in [0.717, 1.165) is 71.2 Å². The molecule has 0 bridgehead atoms. The summed E-state index contributed by atoms with van der Waals surface area (Å²) in [5.41, 5.74) is 0. The van der Waals surface area contributed by atoms with Crippen LogP contribution < -0.4 is 10.6 Å². The molecule has 27 heavy (non-hydrogen) atoms. The zero-order chi connectivity index (χ0) is 19.5. The molecule has 3 amide bonds. The molecule has 0 spiro atoms. The van der Waals surface area contributed by atoms with Gasteiger partial charge >= 0.3 is 6.03 Å². The summed E-state index contributed by atoms with van der Waals surface area (Å²) in [7, 11) is 0. The minimum atomic E-state index is 0.0302. The van der Waals surface area contributed by atoms with Crippen molar-refractivity contribution < 1.29 is 9.59 Å². The highest BCUT2D eigenvalue weighted by molar-refractivity contribution is 5.79. The van der Waals surface area contributed by atoms with Crippen LogP contribution in [0.25, 0.3) is 0 Å². The lowest BCUT2D eigenvalue weighted by atomic mass is 9.94. The van der Waals surface area contributed by atoms with Gasteiger partial charge in [-0.2, -0.15) is 0 Å².